The third kappa shape index (κ3) is 1.38. The van der Waals surface area contributed by atoms with Crippen molar-refractivity contribution >= 4 is 29.4 Å². The van der Waals surface area contributed by atoms with E-state index in [2.05, 4.69) is 4.90 Å². The molecule has 0 unspecified atom stereocenters. The molecule has 4 heteroatoms. The number of benzene rings is 2. The lowest BCUT2D eigenvalue weighted by atomic mass is 10.2. The van der Waals surface area contributed by atoms with Crippen LogP contribution in [0.25, 0.3) is 0 Å². The number of nitrogens with zero attached hydrogens (tertiary/aromatic N) is 1. The SMILES string of the molecule is COP1(=O)c2ccccc2N(C)c2ccccc21. The first-order valence-electron chi connectivity index (χ1n) is 5.77. The molecule has 0 radical (unpaired) electrons. The maximum absolute atomic E-state index is 13.1. The molecule has 0 aliphatic carbocycles. The molecule has 2 aromatic rings. The normalized spacial score (nSPS) is 16.0. The second-order valence-corrected chi connectivity index (χ2v) is 6.70. The number of hydrogen-bond acceptors (Lipinski definition) is 3. The predicted octanol–water partition coefficient (Wildman–Crippen LogP) is 2.64. The van der Waals surface area contributed by atoms with Gasteiger partial charge in [0, 0.05) is 14.2 Å². The summed E-state index contributed by atoms with van der Waals surface area (Å²) in [4.78, 5) is 2.06. The maximum atomic E-state index is 13.1. The van der Waals surface area contributed by atoms with Crippen LogP contribution in [-0.2, 0) is 9.09 Å². The molecule has 0 amide bonds. The van der Waals surface area contributed by atoms with Gasteiger partial charge in [0.25, 0.3) is 7.37 Å². The number of rotatable bonds is 1. The lowest BCUT2D eigenvalue weighted by Crippen LogP contribution is -2.33. The van der Waals surface area contributed by atoms with Crippen LogP contribution in [-0.4, -0.2) is 14.2 Å². The van der Waals surface area contributed by atoms with Crippen molar-refractivity contribution in [1.82, 2.24) is 0 Å². The van der Waals surface area contributed by atoms with E-state index >= 15 is 0 Å². The summed E-state index contributed by atoms with van der Waals surface area (Å²) in [6.07, 6.45) is 0. The number of anilines is 2. The Bertz CT molecular complexity index is 602. The van der Waals surface area contributed by atoms with E-state index in [1.54, 1.807) is 0 Å². The van der Waals surface area contributed by atoms with E-state index in [0.717, 1.165) is 22.0 Å². The van der Waals surface area contributed by atoms with Crippen LogP contribution in [0.1, 0.15) is 0 Å². The first-order valence-corrected chi connectivity index (χ1v) is 7.39. The summed E-state index contributed by atoms with van der Waals surface area (Å²) in [6.45, 7) is 0. The van der Waals surface area contributed by atoms with Gasteiger partial charge in [-0.2, -0.15) is 0 Å². The van der Waals surface area contributed by atoms with Gasteiger partial charge in [-0.15, -0.1) is 0 Å². The molecule has 0 spiro atoms. The monoisotopic (exact) mass is 259 g/mol. The highest BCUT2D eigenvalue weighted by atomic mass is 31.2. The van der Waals surface area contributed by atoms with Gasteiger partial charge in [0.05, 0.1) is 22.0 Å². The molecule has 0 N–H and O–H groups in total. The Morgan fingerprint density at radius 3 is 1.83 bits per heavy atom. The van der Waals surface area contributed by atoms with Gasteiger partial charge in [0.2, 0.25) is 0 Å². The van der Waals surface area contributed by atoms with Gasteiger partial charge in [-0.25, -0.2) is 0 Å². The second kappa shape index (κ2) is 3.98. The highest BCUT2D eigenvalue weighted by Crippen LogP contribution is 2.52. The lowest BCUT2D eigenvalue weighted by molar-refractivity contribution is 0.412. The Hall–Kier alpha value is -1.57. The molecule has 1 aliphatic rings. The van der Waals surface area contributed by atoms with E-state index in [1.165, 1.54) is 7.11 Å². The van der Waals surface area contributed by atoms with Crippen LogP contribution in [0.5, 0.6) is 0 Å². The quantitative estimate of drug-likeness (QED) is 0.737. The van der Waals surface area contributed by atoms with E-state index in [-0.39, 0.29) is 0 Å². The van der Waals surface area contributed by atoms with Crippen molar-refractivity contribution in [2.45, 2.75) is 0 Å². The molecule has 3 rings (SSSR count). The van der Waals surface area contributed by atoms with E-state index < -0.39 is 7.37 Å². The summed E-state index contributed by atoms with van der Waals surface area (Å²) in [6, 6.07) is 15.4. The van der Waals surface area contributed by atoms with Crippen molar-refractivity contribution in [1.29, 1.82) is 0 Å². The van der Waals surface area contributed by atoms with E-state index in [9.17, 15) is 4.57 Å². The van der Waals surface area contributed by atoms with E-state index in [4.69, 9.17) is 4.52 Å². The lowest BCUT2D eigenvalue weighted by Gasteiger charge is -2.34. The smallest absolute Gasteiger partial charge is 0.265 e. The summed E-state index contributed by atoms with van der Waals surface area (Å²) in [5, 5.41) is 1.54. The topological polar surface area (TPSA) is 29.5 Å². The molecule has 2 aromatic carbocycles. The van der Waals surface area contributed by atoms with Crippen molar-refractivity contribution < 1.29 is 9.09 Å². The van der Waals surface area contributed by atoms with Crippen LogP contribution in [0.3, 0.4) is 0 Å². The van der Waals surface area contributed by atoms with Gasteiger partial charge in [0.15, 0.2) is 0 Å². The van der Waals surface area contributed by atoms with Gasteiger partial charge in [0.1, 0.15) is 0 Å². The van der Waals surface area contributed by atoms with Crippen LogP contribution in [0, 0.1) is 0 Å². The Morgan fingerprint density at radius 1 is 0.944 bits per heavy atom. The van der Waals surface area contributed by atoms with Crippen LogP contribution >= 0.6 is 7.37 Å². The summed E-state index contributed by atoms with van der Waals surface area (Å²) in [5.74, 6) is 0. The molecule has 3 nitrogen and oxygen atoms in total. The standard InChI is InChI=1S/C14H14NO2P/c1-15-11-7-3-5-9-13(11)18(16,17-2)14-10-6-4-8-12(14)15/h3-10H,1-2H3. The Kier molecular flexibility index (Phi) is 2.54. The summed E-state index contributed by atoms with van der Waals surface area (Å²) in [7, 11) is 0.543. The molecule has 92 valence electrons. The summed E-state index contributed by atoms with van der Waals surface area (Å²) >= 11 is 0. The minimum Gasteiger partial charge on any atom is -0.343 e. The fraction of sp³-hybridized carbons (Fsp3) is 0.143. The minimum absolute atomic E-state index is 0.772. The van der Waals surface area contributed by atoms with Crippen molar-refractivity contribution in [3.63, 3.8) is 0 Å². The molecular formula is C14H14NO2P. The van der Waals surface area contributed by atoms with Gasteiger partial charge < -0.3 is 9.42 Å². The fourth-order valence-electron chi connectivity index (χ4n) is 2.45. The minimum atomic E-state index is -2.95. The number of hydrogen-bond donors (Lipinski definition) is 0. The van der Waals surface area contributed by atoms with Crippen LogP contribution in [0.15, 0.2) is 48.5 Å². The molecule has 0 bridgehead atoms. The molecule has 1 aliphatic heterocycles. The molecular weight excluding hydrogens is 245 g/mol. The van der Waals surface area contributed by atoms with Gasteiger partial charge >= 0.3 is 0 Å². The van der Waals surface area contributed by atoms with Crippen molar-refractivity contribution in [3.05, 3.63) is 48.5 Å². The average molecular weight is 259 g/mol. The highest BCUT2D eigenvalue weighted by molar-refractivity contribution is 7.75. The summed E-state index contributed by atoms with van der Waals surface area (Å²) < 4.78 is 18.6. The third-order valence-corrected chi connectivity index (χ3v) is 5.92. The molecule has 0 saturated heterocycles. The zero-order valence-corrected chi connectivity index (χ0v) is 11.2. The maximum Gasteiger partial charge on any atom is 0.265 e. The Morgan fingerprint density at radius 2 is 1.39 bits per heavy atom. The Labute approximate surface area is 106 Å². The van der Waals surface area contributed by atoms with Crippen molar-refractivity contribution in [3.8, 4) is 0 Å². The summed E-state index contributed by atoms with van der Waals surface area (Å²) in [5.41, 5.74) is 1.89. The predicted molar refractivity (Wildman–Crippen MR) is 74.8 cm³/mol. The largest absolute Gasteiger partial charge is 0.343 e. The first kappa shape index (κ1) is 11.5. The van der Waals surface area contributed by atoms with Crippen molar-refractivity contribution in [2.75, 3.05) is 19.1 Å². The van der Waals surface area contributed by atoms with Crippen LogP contribution in [0.2, 0.25) is 0 Å². The fourth-order valence-corrected chi connectivity index (χ4v) is 4.72. The second-order valence-electron chi connectivity index (χ2n) is 4.27. The average Bonchev–Trinajstić information content (AvgIpc) is 2.45. The van der Waals surface area contributed by atoms with Crippen molar-refractivity contribution in [2.24, 2.45) is 0 Å². The first-order chi connectivity index (χ1) is 8.68. The zero-order chi connectivity index (χ0) is 12.8. The number of fused-ring (bicyclic) bond motifs is 2. The molecule has 1 heterocycles. The molecule has 0 aromatic heterocycles. The molecule has 0 atom stereocenters. The van der Waals surface area contributed by atoms with Crippen LogP contribution < -0.4 is 15.5 Å². The van der Waals surface area contributed by atoms with E-state index in [1.807, 2.05) is 55.6 Å². The highest BCUT2D eigenvalue weighted by Gasteiger charge is 2.37. The van der Waals surface area contributed by atoms with Gasteiger partial charge in [-0.1, -0.05) is 24.3 Å². The van der Waals surface area contributed by atoms with E-state index in [0.29, 0.717) is 0 Å². The third-order valence-electron chi connectivity index (χ3n) is 3.38. The van der Waals surface area contributed by atoms with Gasteiger partial charge in [-0.3, -0.25) is 4.57 Å². The van der Waals surface area contributed by atoms with Gasteiger partial charge in [-0.05, 0) is 24.3 Å². The Balaban J connectivity index is 2.38. The zero-order valence-electron chi connectivity index (χ0n) is 10.3. The molecule has 18 heavy (non-hydrogen) atoms. The molecule has 0 saturated carbocycles. The van der Waals surface area contributed by atoms with Crippen LogP contribution in [0.4, 0.5) is 11.4 Å². The number of para-hydroxylation sites is 2. The molecule has 0 fully saturated rings.